The monoisotopic (exact) mass is 301 g/mol. The summed E-state index contributed by atoms with van der Waals surface area (Å²) in [7, 11) is 0. The van der Waals surface area contributed by atoms with Gasteiger partial charge in [0.05, 0.1) is 9.40 Å². The van der Waals surface area contributed by atoms with Crippen LogP contribution in [-0.4, -0.2) is 22.6 Å². The van der Waals surface area contributed by atoms with Gasteiger partial charge in [-0.05, 0) is 28.1 Å². The van der Waals surface area contributed by atoms with E-state index in [-0.39, 0.29) is 18.0 Å². The number of hydrogen-bond acceptors (Lipinski definition) is 4. The molecule has 0 aliphatic carbocycles. The van der Waals surface area contributed by atoms with E-state index in [0.29, 0.717) is 4.47 Å². The summed E-state index contributed by atoms with van der Waals surface area (Å²) in [5.74, 6) is -1.03. The van der Waals surface area contributed by atoms with E-state index in [2.05, 4.69) is 15.9 Å². The average molecular weight is 302 g/mol. The van der Waals surface area contributed by atoms with Crippen LogP contribution in [0.25, 0.3) is 0 Å². The molecular formula is C10H8BrNO5. The van der Waals surface area contributed by atoms with E-state index in [1.807, 2.05) is 0 Å². The number of nitrogens with zero attached hydrogens (tertiary/aromatic N) is 1. The Bertz CT molecular complexity index is 472. The maximum absolute atomic E-state index is 10.7. The second-order valence-electron chi connectivity index (χ2n) is 2.90. The van der Waals surface area contributed by atoms with Crippen molar-refractivity contribution in [1.82, 2.24) is 0 Å². The van der Waals surface area contributed by atoms with Crippen LogP contribution in [0.4, 0.5) is 5.69 Å². The van der Waals surface area contributed by atoms with E-state index in [1.165, 1.54) is 18.2 Å². The molecule has 0 heterocycles. The molecule has 0 amide bonds. The van der Waals surface area contributed by atoms with E-state index in [9.17, 15) is 14.9 Å². The average Bonchev–Trinajstić information content (AvgIpc) is 2.25. The number of nitro groups is 1. The van der Waals surface area contributed by atoms with Crippen molar-refractivity contribution in [3.63, 3.8) is 0 Å². The zero-order chi connectivity index (χ0) is 12.8. The summed E-state index contributed by atoms with van der Waals surface area (Å²) in [5.41, 5.74) is -0.178. The molecule has 0 aliphatic heterocycles. The maximum Gasteiger partial charge on any atom is 0.328 e. The zero-order valence-electron chi connectivity index (χ0n) is 8.50. The van der Waals surface area contributed by atoms with Crippen molar-refractivity contribution in [3.05, 3.63) is 44.9 Å². The first-order valence-electron chi connectivity index (χ1n) is 4.47. The number of aliphatic carboxylic acids is 1. The third kappa shape index (κ3) is 3.87. The van der Waals surface area contributed by atoms with Crippen LogP contribution in [0.5, 0.6) is 5.75 Å². The van der Waals surface area contributed by atoms with Crippen LogP contribution >= 0.6 is 15.9 Å². The highest BCUT2D eigenvalue weighted by Crippen LogP contribution is 2.34. The fourth-order valence-corrected chi connectivity index (χ4v) is 1.53. The molecule has 0 saturated carbocycles. The van der Waals surface area contributed by atoms with E-state index in [1.54, 1.807) is 6.07 Å². The summed E-state index contributed by atoms with van der Waals surface area (Å²) in [6.45, 7) is -0.0598. The topological polar surface area (TPSA) is 89.7 Å². The van der Waals surface area contributed by atoms with Crippen molar-refractivity contribution in [1.29, 1.82) is 0 Å². The van der Waals surface area contributed by atoms with Crippen molar-refractivity contribution in [2.24, 2.45) is 0 Å². The third-order valence-corrected chi connectivity index (χ3v) is 2.35. The van der Waals surface area contributed by atoms with Crippen molar-refractivity contribution in [3.8, 4) is 5.75 Å². The first-order valence-corrected chi connectivity index (χ1v) is 5.27. The lowest BCUT2D eigenvalue weighted by molar-refractivity contribution is -0.385. The summed E-state index contributed by atoms with van der Waals surface area (Å²) in [5, 5.41) is 19.1. The minimum absolute atomic E-state index is 0.0598. The Labute approximate surface area is 105 Å². The molecule has 0 aliphatic rings. The lowest BCUT2D eigenvalue weighted by Gasteiger charge is -2.05. The highest BCUT2D eigenvalue weighted by molar-refractivity contribution is 9.10. The standard InChI is InChI=1S/C10H8BrNO5/c11-7-3-1-4-8(12(15)16)10(7)17-6-2-5-9(13)14/h1-5H,6H2,(H,13,14)/b5-2+. The fraction of sp³-hybridized carbons (Fsp3) is 0.100. The Hall–Kier alpha value is -1.89. The first-order chi connectivity index (χ1) is 8.02. The highest BCUT2D eigenvalue weighted by atomic mass is 79.9. The maximum atomic E-state index is 10.7. The van der Waals surface area contributed by atoms with Crippen LogP contribution in [0.2, 0.25) is 0 Å². The third-order valence-electron chi connectivity index (χ3n) is 1.73. The molecule has 0 saturated heterocycles. The number of para-hydroxylation sites is 1. The number of carboxylic acid groups (broad SMARTS) is 1. The zero-order valence-corrected chi connectivity index (χ0v) is 10.1. The molecule has 1 N–H and O–H groups in total. The van der Waals surface area contributed by atoms with Gasteiger partial charge in [0.2, 0.25) is 5.75 Å². The van der Waals surface area contributed by atoms with Gasteiger partial charge in [0.15, 0.2) is 0 Å². The van der Waals surface area contributed by atoms with Crippen LogP contribution in [0.1, 0.15) is 0 Å². The van der Waals surface area contributed by atoms with Crippen LogP contribution < -0.4 is 4.74 Å². The second kappa shape index (κ2) is 6.00. The van der Waals surface area contributed by atoms with Gasteiger partial charge in [-0.25, -0.2) is 4.79 Å². The number of hydrogen-bond donors (Lipinski definition) is 1. The van der Waals surface area contributed by atoms with E-state index in [0.717, 1.165) is 6.08 Å². The van der Waals surface area contributed by atoms with Gasteiger partial charge in [-0.3, -0.25) is 10.1 Å². The summed E-state index contributed by atoms with van der Waals surface area (Å²) < 4.78 is 5.58. The summed E-state index contributed by atoms with van der Waals surface area (Å²) >= 11 is 3.13. The van der Waals surface area contributed by atoms with Gasteiger partial charge in [0.25, 0.3) is 0 Å². The number of benzene rings is 1. The Morgan fingerprint density at radius 3 is 2.88 bits per heavy atom. The van der Waals surface area contributed by atoms with Gasteiger partial charge in [-0.2, -0.15) is 0 Å². The van der Waals surface area contributed by atoms with Crippen molar-refractivity contribution < 1.29 is 19.6 Å². The Balaban J connectivity index is 2.82. The van der Waals surface area contributed by atoms with Gasteiger partial charge in [0.1, 0.15) is 6.61 Å². The lowest BCUT2D eigenvalue weighted by atomic mass is 10.3. The molecule has 1 rings (SSSR count). The molecular weight excluding hydrogens is 294 g/mol. The predicted molar refractivity (Wildman–Crippen MR) is 63.1 cm³/mol. The normalized spacial score (nSPS) is 10.4. The van der Waals surface area contributed by atoms with Crippen molar-refractivity contribution >= 4 is 27.6 Å². The molecule has 90 valence electrons. The summed E-state index contributed by atoms with van der Waals surface area (Å²) in [6, 6.07) is 4.42. The van der Waals surface area contributed by atoms with Crippen molar-refractivity contribution in [2.75, 3.05) is 6.61 Å². The smallest absolute Gasteiger partial charge is 0.328 e. The predicted octanol–water partition coefficient (Wildman–Crippen LogP) is 2.38. The minimum atomic E-state index is -1.10. The summed E-state index contributed by atoms with van der Waals surface area (Å²) in [4.78, 5) is 20.3. The van der Waals surface area contributed by atoms with Crippen LogP contribution in [0.3, 0.4) is 0 Å². The Morgan fingerprint density at radius 2 is 2.29 bits per heavy atom. The van der Waals surface area contributed by atoms with Gasteiger partial charge >= 0.3 is 11.7 Å². The van der Waals surface area contributed by atoms with E-state index < -0.39 is 10.9 Å². The van der Waals surface area contributed by atoms with E-state index in [4.69, 9.17) is 9.84 Å². The van der Waals surface area contributed by atoms with Crippen LogP contribution in [-0.2, 0) is 4.79 Å². The van der Waals surface area contributed by atoms with Gasteiger partial charge < -0.3 is 9.84 Å². The molecule has 0 aromatic heterocycles. The minimum Gasteiger partial charge on any atom is -0.482 e. The number of halogens is 1. The van der Waals surface area contributed by atoms with Crippen molar-refractivity contribution in [2.45, 2.75) is 0 Å². The highest BCUT2D eigenvalue weighted by Gasteiger charge is 2.17. The molecule has 0 fully saturated rings. The quantitative estimate of drug-likeness (QED) is 0.512. The van der Waals surface area contributed by atoms with Crippen LogP contribution in [0, 0.1) is 10.1 Å². The van der Waals surface area contributed by atoms with Gasteiger partial charge in [-0.1, -0.05) is 6.07 Å². The number of nitro benzene ring substituents is 1. The molecule has 0 spiro atoms. The Kier molecular flexibility index (Phi) is 4.65. The molecule has 0 bridgehead atoms. The SMILES string of the molecule is O=C(O)/C=C/COc1c(Br)cccc1[N+](=O)[O-]. The molecule has 0 unspecified atom stereocenters. The number of ether oxygens (including phenoxy) is 1. The molecule has 1 aromatic rings. The number of rotatable bonds is 5. The lowest BCUT2D eigenvalue weighted by Crippen LogP contribution is -2.00. The fourth-order valence-electron chi connectivity index (χ4n) is 1.06. The first kappa shape index (κ1) is 13.2. The van der Waals surface area contributed by atoms with E-state index >= 15 is 0 Å². The molecule has 7 heteroatoms. The Morgan fingerprint density at radius 1 is 1.59 bits per heavy atom. The number of carboxylic acids is 1. The largest absolute Gasteiger partial charge is 0.482 e. The second-order valence-corrected chi connectivity index (χ2v) is 3.75. The molecule has 17 heavy (non-hydrogen) atoms. The summed E-state index contributed by atoms with van der Waals surface area (Å²) in [6.07, 6.45) is 2.16. The van der Waals surface area contributed by atoms with Crippen LogP contribution in [0.15, 0.2) is 34.8 Å². The molecule has 0 atom stereocenters. The van der Waals surface area contributed by atoms with Gasteiger partial charge in [-0.15, -0.1) is 0 Å². The number of carbonyl (C=O) groups is 1. The molecule has 6 nitrogen and oxygen atoms in total. The van der Waals surface area contributed by atoms with Gasteiger partial charge in [0, 0.05) is 12.1 Å². The molecule has 1 aromatic carbocycles. The molecule has 0 radical (unpaired) electrons.